The number of carbonyl (C=O) groups excluding carboxylic acids is 1. The Labute approximate surface area is 146 Å². The van der Waals surface area contributed by atoms with Crippen LogP contribution in [0.3, 0.4) is 0 Å². The number of rotatable bonds is 5. The van der Waals surface area contributed by atoms with Gasteiger partial charge in [0.05, 0.1) is 13.7 Å². The van der Waals surface area contributed by atoms with Crippen molar-refractivity contribution in [1.82, 2.24) is 20.0 Å². The Bertz CT molecular complexity index is 723. The summed E-state index contributed by atoms with van der Waals surface area (Å²) in [6.07, 6.45) is 1.75. The van der Waals surface area contributed by atoms with E-state index in [1.54, 1.807) is 6.20 Å². The minimum absolute atomic E-state index is 0.203. The molecule has 0 saturated carbocycles. The molecule has 8 nitrogen and oxygen atoms in total. The van der Waals surface area contributed by atoms with Crippen molar-refractivity contribution in [3.63, 3.8) is 0 Å². The van der Waals surface area contributed by atoms with E-state index < -0.39 is 0 Å². The molecule has 1 aliphatic heterocycles. The molecule has 1 saturated heterocycles. The van der Waals surface area contributed by atoms with Crippen LogP contribution in [0.2, 0.25) is 0 Å². The fourth-order valence-electron chi connectivity index (χ4n) is 2.69. The predicted molar refractivity (Wildman–Crippen MR) is 92.3 cm³/mol. The molecule has 0 aromatic carbocycles. The Hall–Kier alpha value is -2.48. The van der Waals surface area contributed by atoms with Crippen LogP contribution < -0.4 is 4.90 Å². The van der Waals surface area contributed by atoms with E-state index in [9.17, 15) is 4.79 Å². The van der Waals surface area contributed by atoms with Gasteiger partial charge in [0.1, 0.15) is 5.82 Å². The largest absolute Gasteiger partial charge is 0.468 e. The monoisotopic (exact) mass is 345 g/mol. The first-order chi connectivity index (χ1) is 12.1. The topological polar surface area (TPSA) is 84.6 Å². The number of carbonyl (C=O) groups is 1. The van der Waals surface area contributed by atoms with Crippen molar-refractivity contribution in [1.29, 1.82) is 0 Å². The third-order valence-corrected chi connectivity index (χ3v) is 4.23. The summed E-state index contributed by atoms with van der Waals surface area (Å²) in [7, 11) is 1.41. The second-order valence-electron chi connectivity index (χ2n) is 6.35. The van der Waals surface area contributed by atoms with Gasteiger partial charge >= 0.3 is 5.97 Å². The highest BCUT2D eigenvalue weighted by atomic mass is 16.5. The van der Waals surface area contributed by atoms with E-state index >= 15 is 0 Å². The quantitative estimate of drug-likeness (QED) is 0.755. The summed E-state index contributed by atoms with van der Waals surface area (Å²) in [4.78, 5) is 24.5. The van der Waals surface area contributed by atoms with Crippen LogP contribution in [-0.4, -0.2) is 65.8 Å². The van der Waals surface area contributed by atoms with Gasteiger partial charge in [-0.1, -0.05) is 19.0 Å². The first-order valence-electron chi connectivity index (χ1n) is 8.41. The maximum atomic E-state index is 11.4. The average molecular weight is 345 g/mol. The van der Waals surface area contributed by atoms with Crippen molar-refractivity contribution >= 4 is 11.8 Å². The molecule has 0 bridgehead atoms. The Morgan fingerprint density at radius 2 is 2.08 bits per heavy atom. The second kappa shape index (κ2) is 7.60. The summed E-state index contributed by atoms with van der Waals surface area (Å²) in [5, 5.41) is 4.01. The molecular weight excluding hydrogens is 322 g/mol. The van der Waals surface area contributed by atoms with Crippen molar-refractivity contribution in [2.24, 2.45) is 0 Å². The van der Waals surface area contributed by atoms with Crippen molar-refractivity contribution in [2.45, 2.75) is 19.8 Å². The summed E-state index contributed by atoms with van der Waals surface area (Å²) >= 11 is 0. The van der Waals surface area contributed by atoms with Crippen molar-refractivity contribution in [2.75, 3.05) is 44.7 Å². The zero-order chi connectivity index (χ0) is 17.8. The van der Waals surface area contributed by atoms with Crippen LogP contribution in [0.5, 0.6) is 0 Å². The number of nitrogens with zero attached hydrogens (tertiary/aromatic N) is 5. The number of aromatic nitrogens is 3. The molecule has 3 rings (SSSR count). The normalized spacial score (nSPS) is 15.6. The van der Waals surface area contributed by atoms with Crippen LogP contribution in [0, 0.1) is 0 Å². The molecule has 8 heteroatoms. The van der Waals surface area contributed by atoms with Crippen LogP contribution in [0.25, 0.3) is 11.5 Å². The van der Waals surface area contributed by atoms with Crippen LogP contribution in [0.15, 0.2) is 22.9 Å². The standard InChI is InChI=1S/C17H23N5O3/c1-12(2)16-19-17(25-20-16)13-4-5-18-14(10-13)22-8-6-21(7-9-22)11-15(23)24-3/h4-5,10,12H,6-9,11H2,1-3H3. The van der Waals surface area contributed by atoms with E-state index in [2.05, 4.69) is 24.9 Å². The minimum Gasteiger partial charge on any atom is -0.468 e. The lowest BCUT2D eigenvalue weighted by Crippen LogP contribution is -2.48. The lowest BCUT2D eigenvalue weighted by atomic mass is 10.2. The molecule has 1 fully saturated rings. The van der Waals surface area contributed by atoms with Crippen LogP contribution in [0.4, 0.5) is 5.82 Å². The van der Waals surface area contributed by atoms with E-state index in [-0.39, 0.29) is 11.9 Å². The number of ether oxygens (including phenoxy) is 1. The maximum Gasteiger partial charge on any atom is 0.319 e. The van der Waals surface area contributed by atoms with Gasteiger partial charge in [-0.3, -0.25) is 9.69 Å². The molecule has 2 aromatic heterocycles. The van der Waals surface area contributed by atoms with E-state index in [0.717, 1.165) is 37.6 Å². The molecule has 0 N–H and O–H groups in total. The molecule has 0 unspecified atom stereocenters. The first kappa shape index (κ1) is 17.3. The molecule has 134 valence electrons. The Balaban J connectivity index is 1.67. The molecule has 0 atom stereocenters. The van der Waals surface area contributed by atoms with Gasteiger partial charge in [0, 0.05) is 43.9 Å². The zero-order valence-electron chi connectivity index (χ0n) is 14.8. The van der Waals surface area contributed by atoms with Gasteiger partial charge in [0.25, 0.3) is 5.89 Å². The Morgan fingerprint density at radius 3 is 2.72 bits per heavy atom. The zero-order valence-corrected chi connectivity index (χ0v) is 14.8. The highest BCUT2D eigenvalue weighted by Crippen LogP contribution is 2.23. The fraction of sp³-hybridized carbons (Fsp3) is 0.529. The van der Waals surface area contributed by atoms with Crippen LogP contribution in [-0.2, 0) is 9.53 Å². The highest BCUT2D eigenvalue weighted by molar-refractivity contribution is 5.71. The summed E-state index contributed by atoms with van der Waals surface area (Å²) in [6.45, 7) is 7.57. The SMILES string of the molecule is COC(=O)CN1CCN(c2cc(-c3nc(C(C)C)no3)ccn2)CC1. The van der Waals surface area contributed by atoms with Gasteiger partial charge in [-0.15, -0.1) is 0 Å². The van der Waals surface area contributed by atoms with E-state index in [4.69, 9.17) is 9.26 Å². The average Bonchev–Trinajstić information content (AvgIpc) is 3.13. The number of piperazine rings is 1. The molecule has 2 aromatic rings. The second-order valence-corrected chi connectivity index (χ2v) is 6.35. The van der Waals surface area contributed by atoms with Crippen LogP contribution in [0.1, 0.15) is 25.6 Å². The van der Waals surface area contributed by atoms with Crippen molar-refractivity contribution < 1.29 is 14.1 Å². The van der Waals surface area contributed by atoms with Crippen molar-refractivity contribution in [3.8, 4) is 11.5 Å². The fourth-order valence-corrected chi connectivity index (χ4v) is 2.69. The predicted octanol–water partition coefficient (Wildman–Crippen LogP) is 1.55. The molecule has 0 amide bonds. The van der Waals surface area contributed by atoms with Gasteiger partial charge in [-0.25, -0.2) is 4.98 Å². The molecule has 3 heterocycles. The summed E-state index contributed by atoms with van der Waals surface area (Å²) < 4.78 is 10.1. The smallest absolute Gasteiger partial charge is 0.319 e. The molecule has 1 aliphatic rings. The summed E-state index contributed by atoms with van der Waals surface area (Å²) in [5.74, 6) is 2.11. The molecule has 0 aliphatic carbocycles. The Morgan fingerprint density at radius 1 is 1.32 bits per heavy atom. The van der Waals surface area contributed by atoms with Crippen LogP contribution >= 0.6 is 0 Å². The first-order valence-corrected chi connectivity index (χ1v) is 8.41. The minimum atomic E-state index is -0.203. The highest BCUT2D eigenvalue weighted by Gasteiger charge is 2.21. The van der Waals surface area contributed by atoms with E-state index in [1.807, 2.05) is 26.0 Å². The molecule has 0 radical (unpaired) electrons. The third kappa shape index (κ3) is 4.14. The van der Waals surface area contributed by atoms with Gasteiger partial charge in [0.2, 0.25) is 0 Å². The van der Waals surface area contributed by atoms with E-state index in [0.29, 0.717) is 18.3 Å². The number of methoxy groups -OCH3 is 1. The molecular formula is C17H23N5O3. The summed E-state index contributed by atoms with van der Waals surface area (Å²) in [5.41, 5.74) is 0.862. The van der Waals surface area contributed by atoms with E-state index in [1.165, 1.54) is 7.11 Å². The van der Waals surface area contributed by atoms with Gasteiger partial charge < -0.3 is 14.2 Å². The van der Waals surface area contributed by atoms with Gasteiger partial charge in [-0.05, 0) is 12.1 Å². The Kier molecular flexibility index (Phi) is 5.28. The molecule has 25 heavy (non-hydrogen) atoms. The van der Waals surface area contributed by atoms with Gasteiger partial charge in [0.15, 0.2) is 5.82 Å². The third-order valence-electron chi connectivity index (χ3n) is 4.23. The lowest BCUT2D eigenvalue weighted by molar-refractivity contribution is -0.142. The molecule has 0 spiro atoms. The number of pyridine rings is 1. The number of hydrogen-bond donors (Lipinski definition) is 0. The van der Waals surface area contributed by atoms with Crippen molar-refractivity contribution in [3.05, 3.63) is 24.2 Å². The summed E-state index contributed by atoms with van der Waals surface area (Å²) in [6, 6.07) is 3.84. The number of hydrogen-bond acceptors (Lipinski definition) is 8. The number of esters is 1. The maximum absolute atomic E-state index is 11.4. The number of anilines is 1. The van der Waals surface area contributed by atoms with Gasteiger partial charge in [-0.2, -0.15) is 4.98 Å². The lowest BCUT2D eigenvalue weighted by Gasteiger charge is -2.34.